The molecule has 8 heteroatoms. The van der Waals surface area contributed by atoms with Crippen LogP contribution >= 0.6 is 0 Å². The Kier molecular flexibility index (Phi) is 4.51. The van der Waals surface area contributed by atoms with Gasteiger partial charge in [0.15, 0.2) is 0 Å². The van der Waals surface area contributed by atoms with E-state index >= 15 is 0 Å². The van der Waals surface area contributed by atoms with Gasteiger partial charge in [0, 0.05) is 12.2 Å². The fraction of sp³-hybridized carbons (Fsp3) is 0.364. The summed E-state index contributed by atoms with van der Waals surface area (Å²) in [7, 11) is -3.84. The molecule has 0 aliphatic carbocycles. The first kappa shape index (κ1) is 15.4. The van der Waals surface area contributed by atoms with E-state index in [1.165, 1.54) is 12.1 Å². The Morgan fingerprint density at radius 3 is 2.26 bits per heavy atom. The SMILES string of the molecule is Cc1cc(N)cc(C)c1S(=O)(=O)NCC(O)C(N)=O. The number of benzene rings is 1. The number of hydrogen-bond acceptors (Lipinski definition) is 5. The number of primary amides is 1. The predicted octanol–water partition coefficient (Wildman–Crippen LogP) is -0.990. The van der Waals surface area contributed by atoms with Gasteiger partial charge in [-0.05, 0) is 37.1 Å². The van der Waals surface area contributed by atoms with Gasteiger partial charge >= 0.3 is 0 Å². The van der Waals surface area contributed by atoms with Crippen molar-refractivity contribution in [2.45, 2.75) is 24.8 Å². The number of nitrogens with two attached hydrogens (primary N) is 2. The topological polar surface area (TPSA) is 136 Å². The second kappa shape index (κ2) is 5.55. The predicted molar refractivity (Wildman–Crippen MR) is 70.7 cm³/mol. The number of anilines is 1. The van der Waals surface area contributed by atoms with Gasteiger partial charge < -0.3 is 16.6 Å². The molecule has 19 heavy (non-hydrogen) atoms. The summed E-state index contributed by atoms with van der Waals surface area (Å²) < 4.78 is 26.3. The summed E-state index contributed by atoms with van der Waals surface area (Å²) in [6, 6.07) is 3.07. The molecule has 1 aromatic carbocycles. The zero-order valence-corrected chi connectivity index (χ0v) is 11.5. The standard InChI is InChI=1S/C11H17N3O4S/c1-6-3-8(12)4-7(2)10(6)19(17,18)14-5-9(15)11(13)16/h3-4,9,14-15H,5,12H2,1-2H3,(H2,13,16). The van der Waals surface area contributed by atoms with Crippen molar-refractivity contribution in [2.24, 2.45) is 5.73 Å². The summed E-state index contributed by atoms with van der Waals surface area (Å²) in [5.74, 6) is -0.992. The fourth-order valence-corrected chi connectivity index (χ4v) is 3.26. The zero-order valence-electron chi connectivity index (χ0n) is 10.7. The van der Waals surface area contributed by atoms with Crippen molar-refractivity contribution in [2.75, 3.05) is 12.3 Å². The van der Waals surface area contributed by atoms with Gasteiger partial charge in [-0.15, -0.1) is 0 Å². The minimum absolute atomic E-state index is 0.0818. The number of aryl methyl sites for hydroxylation is 2. The molecule has 6 N–H and O–H groups in total. The first-order chi connectivity index (χ1) is 8.65. The number of sulfonamides is 1. The van der Waals surface area contributed by atoms with Crippen LogP contribution in [0.25, 0.3) is 0 Å². The third-order valence-corrected chi connectivity index (χ3v) is 4.27. The van der Waals surface area contributed by atoms with Gasteiger partial charge in [0.25, 0.3) is 0 Å². The lowest BCUT2D eigenvalue weighted by Gasteiger charge is -2.14. The lowest BCUT2D eigenvalue weighted by molar-refractivity contribution is -0.125. The molecule has 1 aromatic rings. The van der Waals surface area contributed by atoms with E-state index in [1.54, 1.807) is 13.8 Å². The highest BCUT2D eigenvalue weighted by Gasteiger charge is 2.22. The summed E-state index contributed by atoms with van der Waals surface area (Å²) in [5.41, 5.74) is 11.9. The van der Waals surface area contributed by atoms with Gasteiger partial charge in [-0.3, -0.25) is 4.79 Å². The summed E-state index contributed by atoms with van der Waals surface area (Å²) in [6.45, 7) is 2.76. The average molecular weight is 287 g/mol. The molecule has 1 atom stereocenters. The van der Waals surface area contributed by atoms with E-state index in [9.17, 15) is 18.3 Å². The molecule has 106 valence electrons. The van der Waals surface area contributed by atoms with Crippen LogP contribution in [0.15, 0.2) is 17.0 Å². The van der Waals surface area contributed by atoms with E-state index in [1.807, 2.05) is 0 Å². The maximum atomic E-state index is 12.1. The first-order valence-corrected chi connectivity index (χ1v) is 6.97. The van der Waals surface area contributed by atoms with Crippen molar-refractivity contribution >= 4 is 21.6 Å². The molecule has 0 fully saturated rings. The lowest BCUT2D eigenvalue weighted by atomic mass is 10.1. The molecule has 1 amide bonds. The highest BCUT2D eigenvalue weighted by atomic mass is 32.2. The molecule has 7 nitrogen and oxygen atoms in total. The van der Waals surface area contributed by atoms with E-state index in [0.29, 0.717) is 16.8 Å². The Morgan fingerprint density at radius 1 is 1.37 bits per heavy atom. The number of carbonyl (C=O) groups is 1. The number of nitrogen functional groups attached to an aromatic ring is 1. The van der Waals surface area contributed by atoms with Crippen LogP contribution < -0.4 is 16.2 Å². The quantitative estimate of drug-likeness (QED) is 0.516. The minimum Gasteiger partial charge on any atom is -0.399 e. The van der Waals surface area contributed by atoms with Crippen LogP contribution in [0, 0.1) is 13.8 Å². The summed E-state index contributed by atoms with van der Waals surface area (Å²) in [6.07, 6.45) is -1.57. The number of amides is 1. The summed E-state index contributed by atoms with van der Waals surface area (Å²) in [5, 5.41) is 9.20. The van der Waals surface area contributed by atoms with Crippen molar-refractivity contribution in [3.63, 3.8) is 0 Å². The second-order valence-corrected chi connectivity index (χ2v) is 5.96. The third kappa shape index (κ3) is 3.66. The van der Waals surface area contributed by atoms with Gasteiger partial charge in [-0.2, -0.15) is 0 Å². The molecule has 1 unspecified atom stereocenters. The van der Waals surface area contributed by atoms with Crippen molar-refractivity contribution in [3.05, 3.63) is 23.3 Å². The van der Waals surface area contributed by atoms with Crippen LogP contribution in [-0.4, -0.2) is 32.1 Å². The monoisotopic (exact) mass is 287 g/mol. The highest BCUT2D eigenvalue weighted by Crippen LogP contribution is 2.22. The van der Waals surface area contributed by atoms with E-state index in [0.717, 1.165) is 0 Å². The largest absolute Gasteiger partial charge is 0.399 e. The van der Waals surface area contributed by atoms with Crippen LogP contribution in [0.2, 0.25) is 0 Å². The Hall–Kier alpha value is -1.64. The molecule has 0 saturated heterocycles. The summed E-state index contributed by atoms with van der Waals surface area (Å²) >= 11 is 0. The van der Waals surface area contributed by atoms with E-state index in [4.69, 9.17) is 11.5 Å². The zero-order chi connectivity index (χ0) is 14.8. The average Bonchev–Trinajstić information content (AvgIpc) is 2.23. The Bertz CT molecular complexity index is 575. The Morgan fingerprint density at radius 2 is 1.84 bits per heavy atom. The molecule has 0 saturated carbocycles. The van der Waals surface area contributed by atoms with Crippen molar-refractivity contribution in [1.82, 2.24) is 4.72 Å². The van der Waals surface area contributed by atoms with Gasteiger partial charge in [-0.1, -0.05) is 0 Å². The molecule has 1 rings (SSSR count). The van der Waals surface area contributed by atoms with Crippen molar-refractivity contribution in [1.29, 1.82) is 0 Å². The number of hydrogen-bond donors (Lipinski definition) is 4. The van der Waals surface area contributed by atoms with E-state index in [2.05, 4.69) is 4.72 Å². The van der Waals surface area contributed by atoms with Crippen molar-refractivity contribution in [3.8, 4) is 0 Å². The third-order valence-electron chi connectivity index (χ3n) is 2.55. The Labute approximate surface area is 111 Å². The second-order valence-electron chi connectivity index (χ2n) is 4.25. The van der Waals surface area contributed by atoms with Crippen LogP contribution in [-0.2, 0) is 14.8 Å². The smallest absolute Gasteiger partial charge is 0.247 e. The molecule has 0 aliphatic rings. The molecular formula is C11H17N3O4S. The number of carbonyl (C=O) groups excluding carboxylic acids is 1. The van der Waals surface area contributed by atoms with E-state index in [-0.39, 0.29) is 4.90 Å². The number of nitrogens with one attached hydrogen (secondary N) is 1. The van der Waals surface area contributed by atoms with Gasteiger partial charge in [0.1, 0.15) is 6.10 Å². The van der Waals surface area contributed by atoms with Crippen LogP contribution in [0.1, 0.15) is 11.1 Å². The lowest BCUT2D eigenvalue weighted by Crippen LogP contribution is -2.40. The van der Waals surface area contributed by atoms with Gasteiger partial charge in [0.2, 0.25) is 15.9 Å². The molecule has 0 aromatic heterocycles. The molecular weight excluding hydrogens is 270 g/mol. The number of rotatable bonds is 5. The van der Waals surface area contributed by atoms with Crippen LogP contribution in [0.3, 0.4) is 0 Å². The molecule has 0 radical (unpaired) electrons. The molecule has 0 bridgehead atoms. The molecule has 0 heterocycles. The fourth-order valence-electron chi connectivity index (χ4n) is 1.77. The molecule has 0 aliphatic heterocycles. The maximum absolute atomic E-state index is 12.1. The molecule has 0 spiro atoms. The first-order valence-electron chi connectivity index (χ1n) is 5.49. The minimum atomic E-state index is -3.84. The van der Waals surface area contributed by atoms with Crippen molar-refractivity contribution < 1.29 is 18.3 Å². The van der Waals surface area contributed by atoms with Gasteiger partial charge in [0.05, 0.1) is 4.90 Å². The maximum Gasteiger partial charge on any atom is 0.247 e. The normalized spacial score (nSPS) is 13.2. The Balaban J connectivity index is 3.05. The van der Waals surface area contributed by atoms with Gasteiger partial charge in [-0.25, -0.2) is 13.1 Å². The summed E-state index contributed by atoms with van der Waals surface area (Å²) in [4.78, 5) is 10.7. The van der Waals surface area contributed by atoms with Crippen LogP contribution in [0.4, 0.5) is 5.69 Å². The number of aliphatic hydroxyl groups excluding tert-OH is 1. The van der Waals surface area contributed by atoms with E-state index < -0.39 is 28.6 Å². The highest BCUT2D eigenvalue weighted by molar-refractivity contribution is 7.89. The van der Waals surface area contributed by atoms with Crippen LogP contribution in [0.5, 0.6) is 0 Å². The number of aliphatic hydroxyl groups is 1.